The number of rotatable bonds is 2. The second-order valence-electron chi connectivity index (χ2n) is 4.29. The Morgan fingerprint density at radius 2 is 2.47 bits per heavy atom. The summed E-state index contributed by atoms with van der Waals surface area (Å²) in [6.07, 6.45) is 3.45. The highest BCUT2D eigenvalue weighted by atomic mass is 19.1. The summed E-state index contributed by atoms with van der Waals surface area (Å²) in [5, 5.41) is 2.87. The lowest BCUT2D eigenvalue weighted by Crippen LogP contribution is -2.47. The summed E-state index contributed by atoms with van der Waals surface area (Å²) in [4.78, 5) is 16.9. The Hall–Kier alpha value is -1.65. The lowest BCUT2D eigenvalue weighted by atomic mass is 10.1. The standard InChI is InChI=1S/C12H16FN3O/c1-9(17)15-10-4-3-7-16(8-10)12-11(13)5-2-6-14-12/h2,5-6,10H,3-4,7-8H2,1H3,(H,15,17). The van der Waals surface area contributed by atoms with Crippen LogP contribution in [0, 0.1) is 5.82 Å². The Balaban J connectivity index is 2.07. The first kappa shape index (κ1) is 11.8. The van der Waals surface area contributed by atoms with Crippen LogP contribution in [-0.2, 0) is 4.79 Å². The normalized spacial score (nSPS) is 20.1. The van der Waals surface area contributed by atoms with E-state index in [0.29, 0.717) is 12.4 Å². The van der Waals surface area contributed by atoms with Crippen LogP contribution in [0.2, 0.25) is 0 Å². The van der Waals surface area contributed by atoms with E-state index in [-0.39, 0.29) is 17.8 Å². The third-order valence-electron chi connectivity index (χ3n) is 2.87. The molecule has 2 rings (SSSR count). The number of piperidine rings is 1. The van der Waals surface area contributed by atoms with Crippen LogP contribution in [0.15, 0.2) is 18.3 Å². The maximum absolute atomic E-state index is 13.6. The van der Waals surface area contributed by atoms with Crippen molar-refractivity contribution < 1.29 is 9.18 Å². The molecule has 1 aliphatic heterocycles. The van der Waals surface area contributed by atoms with Gasteiger partial charge < -0.3 is 10.2 Å². The molecule has 1 aromatic rings. The number of nitrogens with zero attached hydrogens (tertiary/aromatic N) is 2. The molecule has 0 aromatic carbocycles. The van der Waals surface area contributed by atoms with Gasteiger partial charge in [0.25, 0.3) is 0 Å². The van der Waals surface area contributed by atoms with Crippen molar-refractivity contribution >= 4 is 11.7 Å². The van der Waals surface area contributed by atoms with E-state index in [1.165, 1.54) is 13.0 Å². The second kappa shape index (κ2) is 5.12. The third kappa shape index (κ3) is 2.93. The quantitative estimate of drug-likeness (QED) is 0.844. The SMILES string of the molecule is CC(=O)NC1CCCN(c2ncccc2F)C1. The van der Waals surface area contributed by atoms with Gasteiger partial charge in [0, 0.05) is 32.3 Å². The number of carbonyl (C=O) groups excluding carboxylic acids is 1. The van der Waals surface area contributed by atoms with Crippen molar-refractivity contribution in [3.8, 4) is 0 Å². The van der Waals surface area contributed by atoms with Crippen LogP contribution in [0.3, 0.4) is 0 Å². The molecule has 92 valence electrons. The number of hydrogen-bond acceptors (Lipinski definition) is 3. The Bertz CT molecular complexity index is 410. The lowest BCUT2D eigenvalue weighted by Gasteiger charge is -2.33. The molecule has 1 N–H and O–H groups in total. The van der Waals surface area contributed by atoms with Crippen molar-refractivity contribution in [2.24, 2.45) is 0 Å². The first-order valence-electron chi connectivity index (χ1n) is 5.79. The summed E-state index contributed by atoms with van der Waals surface area (Å²) < 4.78 is 13.6. The maximum atomic E-state index is 13.6. The first-order valence-corrected chi connectivity index (χ1v) is 5.79. The van der Waals surface area contributed by atoms with Gasteiger partial charge in [-0.3, -0.25) is 4.79 Å². The van der Waals surface area contributed by atoms with Gasteiger partial charge in [0.2, 0.25) is 5.91 Å². The summed E-state index contributed by atoms with van der Waals surface area (Å²) in [6.45, 7) is 2.90. The van der Waals surface area contributed by atoms with Gasteiger partial charge in [-0.15, -0.1) is 0 Å². The van der Waals surface area contributed by atoms with Gasteiger partial charge in [-0.05, 0) is 25.0 Å². The summed E-state index contributed by atoms with van der Waals surface area (Å²) in [7, 11) is 0. The van der Waals surface area contributed by atoms with E-state index in [4.69, 9.17) is 0 Å². The molecule has 17 heavy (non-hydrogen) atoms. The molecule has 1 atom stereocenters. The molecule has 0 saturated carbocycles. The third-order valence-corrected chi connectivity index (χ3v) is 2.87. The van der Waals surface area contributed by atoms with Crippen molar-refractivity contribution in [2.45, 2.75) is 25.8 Å². The van der Waals surface area contributed by atoms with Crippen molar-refractivity contribution in [3.63, 3.8) is 0 Å². The zero-order valence-electron chi connectivity index (χ0n) is 9.82. The molecule has 1 aliphatic rings. The molecule has 2 heterocycles. The molecule has 5 heteroatoms. The zero-order chi connectivity index (χ0) is 12.3. The monoisotopic (exact) mass is 237 g/mol. The highest BCUT2D eigenvalue weighted by Crippen LogP contribution is 2.20. The molecule has 1 aromatic heterocycles. The van der Waals surface area contributed by atoms with Gasteiger partial charge in [-0.25, -0.2) is 9.37 Å². The number of aromatic nitrogens is 1. The van der Waals surface area contributed by atoms with Crippen molar-refractivity contribution in [1.82, 2.24) is 10.3 Å². The Kier molecular flexibility index (Phi) is 3.56. The summed E-state index contributed by atoms with van der Waals surface area (Å²) in [5.74, 6) is 0.0249. The molecule has 4 nitrogen and oxygen atoms in total. The summed E-state index contributed by atoms with van der Waals surface area (Å²) in [6, 6.07) is 3.07. The molecule has 0 aliphatic carbocycles. The van der Waals surface area contributed by atoms with Gasteiger partial charge in [-0.1, -0.05) is 0 Å². The topological polar surface area (TPSA) is 45.2 Å². The number of anilines is 1. The van der Waals surface area contributed by atoms with Gasteiger partial charge in [0.1, 0.15) is 0 Å². The molecule has 0 radical (unpaired) electrons. The van der Waals surface area contributed by atoms with E-state index in [0.717, 1.165) is 19.4 Å². The minimum absolute atomic E-state index is 0.0432. The predicted octanol–water partition coefficient (Wildman–Crippen LogP) is 1.33. The average Bonchev–Trinajstić information content (AvgIpc) is 2.29. The van der Waals surface area contributed by atoms with E-state index < -0.39 is 0 Å². The van der Waals surface area contributed by atoms with Crippen LogP contribution in [0.1, 0.15) is 19.8 Å². The number of carbonyl (C=O) groups is 1. The molecule has 1 unspecified atom stereocenters. The van der Waals surface area contributed by atoms with Crippen LogP contribution in [0.5, 0.6) is 0 Å². The largest absolute Gasteiger partial charge is 0.352 e. The Morgan fingerprint density at radius 1 is 1.65 bits per heavy atom. The number of halogens is 1. The summed E-state index contributed by atoms with van der Waals surface area (Å²) in [5.41, 5.74) is 0. The van der Waals surface area contributed by atoms with Gasteiger partial charge in [0.15, 0.2) is 11.6 Å². The first-order chi connectivity index (χ1) is 8.16. The molecule has 0 spiro atoms. The minimum Gasteiger partial charge on any atom is -0.352 e. The summed E-state index contributed by atoms with van der Waals surface area (Å²) >= 11 is 0. The molecular formula is C12H16FN3O. The lowest BCUT2D eigenvalue weighted by molar-refractivity contribution is -0.119. The number of amides is 1. The molecule has 0 bridgehead atoms. The fraction of sp³-hybridized carbons (Fsp3) is 0.500. The van der Waals surface area contributed by atoms with Crippen molar-refractivity contribution in [3.05, 3.63) is 24.1 Å². The van der Waals surface area contributed by atoms with Crippen LogP contribution >= 0.6 is 0 Å². The Labute approximate surface area is 99.8 Å². The number of nitrogens with one attached hydrogen (secondary N) is 1. The maximum Gasteiger partial charge on any atom is 0.217 e. The number of hydrogen-bond donors (Lipinski definition) is 1. The smallest absolute Gasteiger partial charge is 0.217 e. The van der Waals surface area contributed by atoms with Gasteiger partial charge in [0.05, 0.1) is 0 Å². The van der Waals surface area contributed by atoms with E-state index in [1.807, 2.05) is 4.90 Å². The Morgan fingerprint density at radius 3 is 3.18 bits per heavy atom. The van der Waals surface area contributed by atoms with Crippen LogP contribution in [-0.4, -0.2) is 30.0 Å². The predicted molar refractivity (Wildman–Crippen MR) is 63.2 cm³/mol. The highest BCUT2D eigenvalue weighted by Gasteiger charge is 2.22. The fourth-order valence-corrected chi connectivity index (χ4v) is 2.18. The zero-order valence-corrected chi connectivity index (χ0v) is 9.82. The van der Waals surface area contributed by atoms with Crippen LogP contribution < -0.4 is 10.2 Å². The van der Waals surface area contributed by atoms with Crippen molar-refractivity contribution in [1.29, 1.82) is 0 Å². The molecule has 1 saturated heterocycles. The van der Waals surface area contributed by atoms with E-state index in [1.54, 1.807) is 12.3 Å². The fourth-order valence-electron chi connectivity index (χ4n) is 2.18. The van der Waals surface area contributed by atoms with E-state index in [9.17, 15) is 9.18 Å². The molecular weight excluding hydrogens is 221 g/mol. The van der Waals surface area contributed by atoms with E-state index >= 15 is 0 Å². The highest BCUT2D eigenvalue weighted by molar-refractivity contribution is 5.73. The van der Waals surface area contributed by atoms with Gasteiger partial charge in [-0.2, -0.15) is 0 Å². The average molecular weight is 237 g/mol. The van der Waals surface area contributed by atoms with Gasteiger partial charge >= 0.3 is 0 Å². The minimum atomic E-state index is -0.309. The second-order valence-corrected chi connectivity index (χ2v) is 4.29. The van der Waals surface area contributed by atoms with Crippen LogP contribution in [0.25, 0.3) is 0 Å². The molecule has 1 fully saturated rings. The molecule has 1 amide bonds. The number of pyridine rings is 1. The van der Waals surface area contributed by atoms with Crippen LogP contribution in [0.4, 0.5) is 10.2 Å². The van der Waals surface area contributed by atoms with E-state index in [2.05, 4.69) is 10.3 Å². The van der Waals surface area contributed by atoms with Crippen molar-refractivity contribution in [2.75, 3.05) is 18.0 Å².